The van der Waals surface area contributed by atoms with Gasteiger partial charge in [-0.25, -0.2) is 0 Å². The molecule has 32 heavy (non-hydrogen) atoms. The van der Waals surface area contributed by atoms with Crippen LogP contribution in [0.15, 0.2) is 36.8 Å². The first-order valence-electron chi connectivity index (χ1n) is 11.2. The van der Waals surface area contributed by atoms with Crippen molar-refractivity contribution in [3.63, 3.8) is 0 Å². The summed E-state index contributed by atoms with van der Waals surface area (Å²) in [4.78, 5) is 12.9. The van der Waals surface area contributed by atoms with Crippen molar-refractivity contribution in [2.24, 2.45) is 0 Å². The van der Waals surface area contributed by atoms with E-state index in [4.69, 9.17) is 11.2 Å². The first kappa shape index (κ1) is 20.8. The lowest BCUT2D eigenvalue weighted by Gasteiger charge is -2.28. The van der Waals surface area contributed by atoms with Crippen molar-refractivity contribution in [1.82, 2.24) is 30.0 Å². The van der Waals surface area contributed by atoms with E-state index in [1.807, 2.05) is 23.1 Å². The van der Waals surface area contributed by atoms with Crippen LogP contribution in [0, 0.1) is 12.3 Å². The number of nitrogens with zero attached hydrogens (tertiary/aromatic N) is 5. The Kier molecular flexibility index (Phi) is 6.21. The molecular formula is C24H29N7O. The van der Waals surface area contributed by atoms with Crippen molar-refractivity contribution in [3.05, 3.63) is 42.4 Å². The molecule has 0 amide bonds. The Labute approximate surface area is 188 Å². The van der Waals surface area contributed by atoms with Gasteiger partial charge in [-0.1, -0.05) is 5.92 Å². The molecule has 5 heterocycles. The van der Waals surface area contributed by atoms with Gasteiger partial charge in [0.25, 0.3) is 0 Å². The maximum absolute atomic E-state index is 5.81. The Balaban J connectivity index is 1.32. The topological polar surface area (TPSA) is 74.2 Å². The molecule has 166 valence electrons. The molecule has 0 aromatic carbocycles. The zero-order valence-corrected chi connectivity index (χ0v) is 18.3. The first-order chi connectivity index (χ1) is 15.8. The van der Waals surface area contributed by atoms with E-state index in [9.17, 15) is 0 Å². The number of anilines is 1. The van der Waals surface area contributed by atoms with E-state index in [0.29, 0.717) is 0 Å². The number of ether oxygens (including phenoxy) is 1. The van der Waals surface area contributed by atoms with E-state index in [1.165, 1.54) is 0 Å². The van der Waals surface area contributed by atoms with Crippen LogP contribution in [0.4, 0.5) is 5.82 Å². The van der Waals surface area contributed by atoms with Crippen LogP contribution in [-0.2, 0) is 11.3 Å². The van der Waals surface area contributed by atoms with E-state index in [2.05, 4.69) is 54.4 Å². The maximum atomic E-state index is 5.81. The molecule has 3 aromatic heterocycles. The molecule has 0 spiro atoms. The summed E-state index contributed by atoms with van der Waals surface area (Å²) in [5.41, 5.74) is 4.89. The van der Waals surface area contributed by atoms with Crippen LogP contribution in [-0.4, -0.2) is 83.7 Å². The number of morpholine rings is 1. The van der Waals surface area contributed by atoms with Gasteiger partial charge in [0.05, 0.1) is 37.2 Å². The average molecular weight is 432 g/mol. The summed E-state index contributed by atoms with van der Waals surface area (Å²) in [5.74, 6) is 3.87. The van der Waals surface area contributed by atoms with E-state index < -0.39 is 0 Å². The third kappa shape index (κ3) is 4.55. The van der Waals surface area contributed by atoms with Gasteiger partial charge in [0.15, 0.2) is 0 Å². The first-order valence-corrected chi connectivity index (χ1v) is 11.2. The van der Waals surface area contributed by atoms with E-state index in [0.717, 1.165) is 99.5 Å². The highest BCUT2D eigenvalue weighted by Crippen LogP contribution is 2.29. The molecular weight excluding hydrogens is 402 g/mol. The third-order valence-electron chi connectivity index (χ3n) is 6.13. The molecule has 2 N–H and O–H groups in total. The van der Waals surface area contributed by atoms with Crippen molar-refractivity contribution in [2.75, 3.05) is 63.9 Å². The summed E-state index contributed by atoms with van der Waals surface area (Å²) in [6.45, 7) is 9.27. The van der Waals surface area contributed by atoms with E-state index in [1.54, 1.807) is 0 Å². The maximum Gasteiger partial charge on any atom is 0.122 e. The Hall–Kier alpha value is -3.12. The zero-order chi connectivity index (χ0) is 21.8. The van der Waals surface area contributed by atoms with Crippen LogP contribution in [0.1, 0.15) is 5.56 Å². The van der Waals surface area contributed by atoms with Crippen LogP contribution in [0.2, 0.25) is 0 Å². The smallest absolute Gasteiger partial charge is 0.122 e. The monoisotopic (exact) mass is 431 g/mol. The van der Waals surface area contributed by atoms with Gasteiger partial charge in [-0.15, -0.1) is 6.42 Å². The predicted molar refractivity (Wildman–Crippen MR) is 126 cm³/mol. The standard InChI is InChI=1S/C24H29N7O/c1-2-19-15-23(28-24(19)30-7-5-25-6-8-30)20-3-4-26-22(16-20)21-17-27-31(18-21)10-9-29-11-13-32-14-12-29/h1,3-4,15-18,25,28H,5-14H2. The number of terminal acetylenes is 1. The molecule has 0 aliphatic carbocycles. The molecule has 0 radical (unpaired) electrons. The molecule has 0 bridgehead atoms. The van der Waals surface area contributed by atoms with Crippen molar-refractivity contribution in [2.45, 2.75) is 6.54 Å². The summed E-state index contributed by atoms with van der Waals surface area (Å²) < 4.78 is 7.41. The molecule has 0 saturated carbocycles. The third-order valence-corrected chi connectivity index (χ3v) is 6.13. The van der Waals surface area contributed by atoms with Crippen LogP contribution in [0.3, 0.4) is 0 Å². The largest absolute Gasteiger partial charge is 0.379 e. The molecule has 0 atom stereocenters. The number of H-pyrrole nitrogens is 1. The van der Waals surface area contributed by atoms with Crippen LogP contribution in [0.25, 0.3) is 22.5 Å². The number of hydrogen-bond acceptors (Lipinski definition) is 6. The van der Waals surface area contributed by atoms with Gasteiger partial charge in [-0.2, -0.15) is 5.10 Å². The van der Waals surface area contributed by atoms with Crippen molar-refractivity contribution in [1.29, 1.82) is 0 Å². The van der Waals surface area contributed by atoms with Crippen molar-refractivity contribution in [3.8, 4) is 34.9 Å². The molecule has 5 rings (SSSR count). The summed E-state index contributed by atoms with van der Waals surface area (Å²) in [5, 5.41) is 7.93. The second kappa shape index (κ2) is 9.57. The molecule has 8 heteroatoms. The minimum Gasteiger partial charge on any atom is -0.379 e. The predicted octanol–water partition coefficient (Wildman–Crippen LogP) is 1.66. The summed E-state index contributed by atoms with van der Waals surface area (Å²) in [7, 11) is 0. The second-order valence-corrected chi connectivity index (χ2v) is 8.20. The van der Waals surface area contributed by atoms with Gasteiger partial charge in [0.1, 0.15) is 5.82 Å². The number of aromatic nitrogens is 4. The average Bonchev–Trinajstić information content (AvgIpc) is 3.52. The minimum atomic E-state index is 0.817. The number of aromatic amines is 1. The Morgan fingerprint density at radius 2 is 1.91 bits per heavy atom. The molecule has 3 aromatic rings. The highest BCUT2D eigenvalue weighted by molar-refractivity contribution is 5.73. The normalized spacial score (nSPS) is 17.4. The molecule has 8 nitrogen and oxygen atoms in total. The van der Waals surface area contributed by atoms with Gasteiger partial charge in [0, 0.05) is 75.0 Å². The minimum absolute atomic E-state index is 0.817. The van der Waals surface area contributed by atoms with Crippen LogP contribution >= 0.6 is 0 Å². The lowest BCUT2D eigenvalue weighted by Crippen LogP contribution is -2.44. The molecule has 2 aliphatic heterocycles. The summed E-state index contributed by atoms with van der Waals surface area (Å²) >= 11 is 0. The molecule has 2 saturated heterocycles. The Morgan fingerprint density at radius 1 is 1.06 bits per heavy atom. The van der Waals surface area contributed by atoms with Gasteiger partial charge >= 0.3 is 0 Å². The zero-order valence-electron chi connectivity index (χ0n) is 18.3. The van der Waals surface area contributed by atoms with Gasteiger partial charge in [0.2, 0.25) is 0 Å². The SMILES string of the molecule is C#Cc1cc(-c2ccnc(-c3cnn(CCN4CCOCC4)c3)c2)[nH]c1N1CCNCC1. The van der Waals surface area contributed by atoms with Crippen molar-refractivity contribution >= 4 is 5.82 Å². The summed E-state index contributed by atoms with van der Waals surface area (Å²) in [6.07, 6.45) is 11.6. The number of hydrogen-bond donors (Lipinski definition) is 2. The molecule has 2 fully saturated rings. The quantitative estimate of drug-likeness (QED) is 0.579. The molecule has 2 aliphatic rings. The lowest BCUT2D eigenvalue weighted by atomic mass is 10.1. The number of nitrogens with one attached hydrogen (secondary N) is 2. The highest BCUT2D eigenvalue weighted by atomic mass is 16.5. The fourth-order valence-corrected chi connectivity index (χ4v) is 4.29. The summed E-state index contributed by atoms with van der Waals surface area (Å²) in [6, 6.07) is 6.17. The van der Waals surface area contributed by atoms with E-state index in [-0.39, 0.29) is 0 Å². The number of rotatable bonds is 6. The van der Waals surface area contributed by atoms with Gasteiger partial charge < -0.3 is 19.9 Å². The second-order valence-electron chi connectivity index (χ2n) is 8.20. The van der Waals surface area contributed by atoms with Gasteiger partial charge in [-0.3, -0.25) is 14.6 Å². The van der Waals surface area contributed by atoms with Crippen LogP contribution in [0.5, 0.6) is 0 Å². The fraction of sp³-hybridized carbons (Fsp3) is 0.417. The highest BCUT2D eigenvalue weighted by Gasteiger charge is 2.17. The van der Waals surface area contributed by atoms with Crippen molar-refractivity contribution < 1.29 is 4.74 Å². The number of pyridine rings is 1. The lowest BCUT2D eigenvalue weighted by molar-refractivity contribution is 0.0360. The van der Waals surface area contributed by atoms with Gasteiger partial charge in [-0.05, 0) is 18.2 Å². The Morgan fingerprint density at radius 3 is 2.72 bits per heavy atom. The Bertz CT molecular complexity index is 1080. The fourth-order valence-electron chi connectivity index (χ4n) is 4.29. The number of piperazine rings is 1. The molecule has 0 unspecified atom stereocenters. The van der Waals surface area contributed by atoms with Crippen LogP contribution < -0.4 is 10.2 Å². The van der Waals surface area contributed by atoms with E-state index >= 15 is 0 Å².